The van der Waals surface area contributed by atoms with E-state index in [9.17, 15) is 4.79 Å². The van der Waals surface area contributed by atoms with Crippen molar-refractivity contribution in [3.8, 4) is 0 Å². The smallest absolute Gasteiger partial charge is 0.229 e. The Bertz CT molecular complexity index is 372. The van der Waals surface area contributed by atoms with Crippen LogP contribution in [0.5, 0.6) is 0 Å². The van der Waals surface area contributed by atoms with Crippen LogP contribution in [0.2, 0.25) is 0 Å². The first-order valence-electron chi connectivity index (χ1n) is 5.63. The number of carbonyl (C=O) groups is 1. The normalized spacial score (nSPS) is 32.6. The molecule has 0 radical (unpaired) electrons. The Morgan fingerprint density at radius 3 is 3.25 bits per heavy atom. The van der Waals surface area contributed by atoms with Gasteiger partial charge >= 0.3 is 0 Å². The van der Waals surface area contributed by atoms with E-state index in [-0.39, 0.29) is 11.8 Å². The lowest BCUT2D eigenvalue weighted by atomic mass is 10.1. The van der Waals surface area contributed by atoms with Gasteiger partial charge in [-0.05, 0) is 25.2 Å². The molecule has 1 amide bonds. The summed E-state index contributed by atoms with van der Waals surface area (Å²) in [6.07, 6.45) is 4.96. The van der Waals surface area contributed by atoms with Gasteiger partial charge in [0.05, 0.1) is 12.3 Å². The van der Waals surface area contributed by atoms with E-state index in [1.54, 1.807) is 0 Å². The molecule has 1 aromatic rings. The van der Waals surface area contributed by atoms with E-state index in [0.717, 1.165) is 25.9 Å². The fraction of sp³-hybridized carbons (Fsp3) is 0.700. The highest BCUT2D eigenvalue weighted by Crippen LogP contribution is 2.45. The van der Waals surface area contributed by atoms with Crippen molar-refractivity contribution in [3.05, 3.63) is 6.20 Å². The summed E-state index contributed by atoms with van der Waals surface area (Å²) < 4.78 is 5.58. The SMILES string of the molecule is O=C(Nc1cn[nH]n1)[C@@H]1C[C@H]1C1CCCO1. The van der Waals surface area contributed by atoms with Crippen molar-refractivity contribution >= 4 is 11.7 Å². The molecule has 2 N–H and O–H groups in total. The molecule has 1 aromatic heterocycles. The Labute approximate surface area is 92.7 Å². The van der Waals surface area contributed by atoms with Crippen LogP contribution in [0, 0.1) is 11.8 Å². The van der Waals surface area contributed by atoms with Gasteiger partial charge in [-0.25, -0.2) is 0 Å². The summed E-state index contributed by atoms with van der Waals surface area (Å²) >= 11 is 0. The summed E-state index contributed by atoms with van der Waals surface area (Å²) in [6.45, 7) is 0.846. The van der Waals surface area contributed by atoms with Crippen LogP contribution >= 0.6 is 0 Å². The van der Waals surface area contributed by atoms with Crippen molar-refractivity contribution in [3.63, 3.8) is 0 Å². The molecule has 1 aliphatic carbocycles. The second-order valence-corrected chi connectivity index (χ2v) is 4.40. The Morgan fingerprint density at radius 2 is 2.56 bits per heavy atom. The van der Waals surface area contributed by atoms with Crippen molar-refractivity contribution in [1.82, 2.24) is 15.4 Å². The molecule has 1 saturated carbocycles. The van der Waals surface area contributed by atoms with Gasteiger partial charge in [0.25, 0.3) is 0 Å². The largest absolute Gasteiger partial charge is 0.378 e. The van der Waals surface area contributed by atoms with E-state index in [0.29, 0.717) is 17.8 Å². The number of anilines is 1. The average Bonchev–Trinajstić information content (AvgIpc) is 2.71. The third kappa shape index (κ3) is 1.80. The molecule has 6 nitrogen and oxygen atoms in total. The molecule has 3 atom stereocenters. The summed E-state index contributed by atoms with van der Waals surface area (Å²) in [5, 5.41) is 12.6. The lowest BCUT2D eigenvalue weighted by Crippen LogP contribution is -2.18. The van der Waals surface area contributed by atoms with Crippen LogP contribution in [0.25, 0.3) is 0 Å². The number of amides is 1. The minimum absolute atomic E-state index is 0.0365. The van der Waals surface area contributed by atoms with Gasteiger partial charge in [0, 0.05) is 12.5 Å². The molecular formula is C10H14N4O2. The molecule has 1 aliphatic heterocycles. The number of aromatic amines is 1. The summed E-state index contributed by atoms with van der Waals surface area (Å²) in [5.74, 6) is 1.03. The van der Waals surface area contributed by atoms with Crippen LogP contribution in [0.4, 0.5) is 5.82 Å². The zero-order valence-electron chi connectivity index (χ0n) is 8.85. The number of nitrogens with one attached hydrogen (secondary N) is 2. The van der Waals surface area contributed by atoms with E-state index in [4.69, 9.17) is 4.74 Å². The molecule has 2 heterocycles. The summed E-state index contributed by atoms with van der Waals surface area (Å²) in [5.41, 5.74) is 0. The number of H-pyrrole nitrogens is 1. The van der Waals surface area contributed by atoms with Crippen LogP contribution < -0.4 is 5.32 Å². The van der Waals surface area contributed by atoms with Gasteiger partial charge in [-0.2, -0.15) is 10.3 Å². The van der Waals surface area contributed by atoms with Crippen LogP contribution in [-0.4, -0.2) is 34.0 Å². The van der Waals surface area contributed by atoms with Gasteiger partial charge in [0.1, 0.15) is 0 Å². The predicted molar refractivity (Wildman–Crippen MR) is 55.6 cm³/mol. The topological polar surface area (TPSA) is 79.9 Å². The summed E-state index contributed by atoms with van der Waals surface area (Å²) in [6, 6.07) is 0. The number of hydrogen-bond donors (Lipinski definition) is 2. The lowest BCUT2D eigenvalue weighted by Gasteiger charge is -2.07. The first-order valence-corrected chi connectivity index (χ1v) is 5.63. The van der Waals surface area contributed by atoms with Gasteiger partial charge < -0.3 is 10.1 Å². The van der Waals surface area contributed by atoms with Gasteiger partial charge in [0.2, 0.25) is 5.91 Å². The Kier molecular flexibility index (Phi) is 2.36. The van der Waals surface area contributed by atoms with Crippen LogP contribution in [0.15, 0.2) is 6.20 Å². The highest BCUT2D eigenvalue weighted by Gasteiger charge is 2.49. The minimum Gasteiger partial charge on any atom is -0.378 e. The van der Waals surface area contributed by atoms with E-state index in [1.165, 1.54) is 6.20 Å². The quantitative estimate of drug-likeness (QED) is 0.783. The third-order valence-electron chi connectivity index (χ3n) is 3.29. The molecule has 86 valence electrons. The molecule has 0 bridgehead atoms. The van der Waals surface area contributed by atoms with Gasteiger partial charge in [-0.15, -0.1) is 5.10 Å². The van der Waals surface area contributed by atoms with Gasteiger partial charge in [-0.3, -0.25) is 4.79 Å². The highest BCUT2D eigenvalue weighted by molar-refractivity contribution is 5.93. The van der Waals surface area contributed by atoms with E-state index in [2.05, 4.69) is 20.7 Å². The average molecular weight is 222 g/mol. The van der Waals surface area contributed by atoms with Gasteiger partial charge in [0.15, 0.2) is 5.82 Å². The zero-order chi connectivity index (χ0) is 11.0. The molecule has 0 aromatic carbocycles. The number of rotatable bonds is 3. The second kappa shape index (κ2) is 3.86. The molecule has 6 heteroatoms. The van der Waals surface area contributed by atoms with Gasteiger partial charge in [-0.1, -0.05) is 0 Å². The maximum absolute atomic E-state index is 11.8. The van der Waals surface area contributed by atoms with E-state index < -0.39 is 0 Å². The van der Waals surface area contributed by atoms with Crippen molar-refractivity contribution < 1.29 is 9.53 Å². The first kappa shape index (κ1) is 9.77. The monoisotopic (exact) mass is 222 g/mol. The lowest BCUT2D eigenvalue weighted by molar-refractivity contribution is -0.118. The van der Waals surface area contributed by atoms with Crippen molar-refractivity contribution in [2.75, 3.05) is 11.9 Å². The van der Waals surface area contributed by atoms with Crippen molar-refractivity contribution in [2.45, 2.75) is 25.4 Å². The Hall–Kier alpha value is -1.43. The highest BCUT2D eigenvalue weighted by atomic mass is 16.5. The van der Waals surface area contributed by atoms with E-state index >= 15 is 0 Å². The Morgan fingerprint density at radius 1 is 1.62 bits per heavy atom. The Balaban J connectivity index is 1.53. The van der Waals surface area contributed by atoms with Crippen molar-refractivity contribution in [2.24, 2.45) is 11.8 Å². The second-order valence-electron chi connectivity index (χ2n) is 4.40. The molecule has 0 spiro atoms. The van der Waals surface area contributed by atoms with Crippen LogP contribution in [0.1, 0.15) is 19.3 Å². The molecular weight excluding hydrogens is 208 g/mol. The standard InChI is InChI=1S/C10H14N4O2/c15-10(12-9-5-11-14-13-9)7-4-6(7)8-2-1-3-16-8/h5-8H,1-4H2,(H2,11,12,13,14,15)/t6-,7-,8?/m1/s1. The summed E-state index contributed by atoms with van der Waals surface area (Å²) in [4.78, 5) is 11.8. The molecule has 3 rings (SSSR count). The van der Waals surface area contributed by atoms with Crippen LogP contribution in [0.3, 0.4) is 0 Å². The van der Waals surface area contributed by atoms with Crippen molar-refractivity contribution in [1.29, 1.82) is 0 Å². The fourth-order valence-corrected chi connectivity index (χ4v) is 2.35. The summed E-state index contributed by atoms with van der Waals surface area (Å²) in [7, 11) is 0. The number of nitrogens with zero attached hydrogens (tertiary/aromatic N) is 2. The maximum atomic E-state index is 11.8. The molecule has 2 aliphatic rings. The number of hydrogen-bond acceptors (Lipinski definition) is 4. The number of ether oxygens (including phenoxy) is 1. The molecule has 1 unspecified atom stereocenters. The fourth-order valence-electron chi connectivity index (χ4n) is 2.35. The first-order chi connectivity index (χ1) is 7.84. The minimum atomic E-state index is 0.0365. The van der Waals surface area contributed by atoms with Crippen LogP contribution in [-0.2, 0) is 9.53 Å². The number of aromatic nitrogens is 3. The van der Waals surface area contributed by atoms with E-state index in [1.807, 2.05) is 0 Å². The molecule has 16 heavy (non-hydrogen) atoms. The predicted octanol–water partition coefficient (Wildman–Crippen LogP) is 0.558. The molecule has 2 fully saturated rings. The zero-order valence-corrected chi connectivity index (χ0v) is 8.85. The number of carbonyl (C=O) groups excluding carboxylic acids is 1. The third-order valence-corrected chi connectivity index (χ3v) is 3.29. The maximum Gasteiger partial charge on any atom is 0.229 e. The molecule has 1 saturated heterocycles.